The number of amides is 1. The Hall–Kier alpha value is -1.12. The molecule has 0 saturated carbocycles. The highest BCUT2D eigenvalue weighted by molar-refractivity contribution is 5.80. The molecule has 1 rings (SSSR count). The molecule has 1 heterocycles. The molecule has 1 saturated heterocycles. The van der Waals surface area contributed by atoms with Crippen LogP contribution in [0.1, 0.15) is 12.8 Å². The lowest BCUT2D eigenvalue weighted by molar-refractivity contribution is -0.122. The number of nitrogens with two attached hydrogens (primary N) is 1. The molecule has 1 aliphatic rings. The third kappa shape index (κ3) is 2.17. The Morgan fingerprint density at radius 3 is 3.00 bits per heavy atom. The van der Waals surface area contributed by atoms with Crippen molar-refractivity contribution in [2.75, 3.05) is 13.6 Å². The van der Waals surface area contributed by atoms with Crippen molar-refractivity contribution in [2.24, 2.45) is 11.7 Å². The standard InChI is InChI=1S/C8H14N4O/c1-11-8(10,5-9)4-6-2-3-12-7(6)13/h6,11H,2-4,10H2,1H3,(H,12,13). The monoisotopic (exact) mass is 182 g/mol. The number of nitriles is 1. The van der Waals surface area contributed by atoms with Gasteiger partial charge < -0.3 is 11.1 Å². The summed E-state index contributed by atoms with van der Waals surface area (Å²) in [6.45, 7) is 0.689. The zero-order valence-corrected chi connectivity index (χ0v) is 7.63. The van der Waals surface area contributed by atoms with Crippen LogP contribution < -0.4 is 16.4 Å². The molecule has 0 radical (unpaired) electrons. The molecule has 4 N–H and O–H groups in total. The first-order valence-corrected chi connectivity index (χ1v) is 4.28. The van der Waals surface area contributed by atoms with Gasteiger partial charge in [0.15, 0.2) is 5.66 Å². The summed E-state index contributed by atoms with van der Waals surface area (Å²) in [4.78, 5) is 11.2. The fourth-order valence-electron chi connectivity index (χ4n) is 1.43. The number of hydrogen-bond donors (Lipinski definition) is 3. The molecular weight excluding hydrogens is 168 g/mol. The maximum atomic E-state index is 11.2. The van der Waals surface area contributed by atoms with E-state index in [-0.39, 0.29) is 11.8 Å². The van der Waals surface area contributed by atoms with Crippen LogP contribution in [-0.4, -0.2) is 25.2 Å². The van der Waals surface area contributed by atoms with Gasteiger partial charge in [0.1, 0.15) is 6.07 Å². The van der Waals surface area contributed by atoms with Crippen LogP contribution in [0, 0.1) is 17.2 Å². The van der Waals surface area contributed by atoms with Gasteiger partial charge in [0.2, 0.25) is 5.91 Å². The normalized spacial score (nSPS) is 26.2. The van der Waals surface area contributed by atoms with Crippen molar-refractivity contribution in [3.63, 3.8) is 0 Å². The molecular formula is C8H14N4O. The van der Waals surface area contributed by atoms with Crippen molar-refractivity contribution in [2.45, 2.75) is 18.5 Å². The highest BCUT2D eigenvalue weighted by atomic mass is 16.2. The second-order valence-corrected chi connectivity index (χ2v) is 3.31. The molecule has 2 unspecified atom stereocenters. The topological polar surface area (TPSA) is 90.9 Å². The predicted molar refractivity (Wildman–Crippen MR) is 47.3 cm³/mol. The fraction of sp³-hybridized carbons (Fsp3) is 0.750. The minimum absolute atomic E-state index is 0.000301. The first kappa shape index (κ1) is 9.96. The summed E-state index contributed by atoms with van der Waals surface area (Å²) in [5, 5.41) is 14.2. The van der Waals surface area contributed by atoms with Gasteiger partial charge in [-0.25, -0.2) is 0 Å². The molecule has 1 amide bonds. The number of nitrogens with one attached hydrogen (secondary N) is 2. The van der Waals surface area contributed by atoms with E-state index in [2.05, 4.69) is 10.6 Å². The second kappa shape index (κ2) is 3.73. The molecule has 0 aromatic heterocycles. The zero-order chi connectivity index (χ0) is 9.90. The van der Waals surface area contributed by atoms with Crippen LogP contribution in [0.2, 0.25) is 0 Å². The molecule has 5 nitrogen and oxygen atoms in total. The summed E-state index contributed by atoms with van der Waals surface area (Å²) in [5.41, 5.74) is 4.61. The van der Waals surface area contributed by atoms with E-state index in [1.807, 2.05) is 6.07 Å². The zero-order valence-electron chi connectivity index (χ0n) is 7.63. The molecule has 72 valence electrons. The van der Waals surface area contributed by atoms with Gasteiger partial charge in [0.05, 0.1) is 0 Å². The Balaban J connectivity index is 2.57. The average Bonchev–Trinajstić information content (AvgIpc) is 2.52. The van der Waals surface area contributed by atoms with Crippen LogP contribution in [0.3, 0.4) is 0 Å². The lowest BCUT2D eigenvalue weighted by Gasteiger charge is -2.22. The number of carbonyl (C=O) groups excluding carboxylic acids is 1. The van der Waals surface area contributed by atoms with Crippen LogP contribution in [0.25, 0.3) is 0 Å². The summed E-state index contributed by atoms with van der Waals surface area (Å²) in [5.74, 6) is -0.127. The second-order valence-electron chi connectivity index (χ2n) is 3.31. The van der Waals surface area contributed by atoms with E-state index < -0.39 is 5.66 Å². The minimum atomic E-state index is -1.08. The maximum Gasteiger partial charge on any atom is 0.223 e. The van der Waals surface area contributed by atoms with E-state index in [0.717, 1.165) is 6.42 Å². The lowest BCUT2D eigenvalue weighted by atomic mass is 9.95. The van der Waals surface area contributed by atoms with Crippen LogP contribution in [0.4, 0.5) is 0 Å². The van der Waals surface area contributed by atoms with E-state index in [1.165, 1.54) is 0 Å². The molecule has 1 fully saturated rings. The van der Waals surface area contributed by atoms with Crippen LogP contribution in [-0.2, 0) is 4.79 Å². The summed E-state index contributed by atoms with van der Waals surface area (Å²) in [6, 6.07) is 1.96. The van der Waals surface area contributed by atoms with Gasteiger partial charge in [-0.1, -0.05) is 0 Å². The van der Waals surface area contributed by atoms with Gasteiger partial charge in [0, 0.05) is 18.9 Å². The van der Waals surface area contributed by atoms with Gasteiger partial charge in [-0.05, 0) is 13.5 Å². The number of hydrogen-bond acceptors (Lipinski definition) is 4. The van der Waals surface area contributed by atoms with Crippen molar-refractivity contribution in [3.8, 4) is 6.07 Å². The molecule has 5 heteroatoms. The first-order chi connectivity index (χ1) is 6.11. The van der Waals surface area contributed by atoms with E-state index >= 15 is 0 Å². The lowest BCUT2D eigenvalue weighted by Crippen LogP contribution is -2.52. The van der Waals surface area contributed by atoms with E-state index in [0.29, 0.717) is 13.0 Å². The highest BCUT2D eigenvalue weighted by Gasteiger charge is 2.33. The van der Waals surface area contributed by atoms with Gasteiger partial charge >= 0.3 is 0 Å². The van der Waals surface area contributed by atoms with Gasteiger partial charge in [-0.15, -0.1) is 0 Å². The van der Waals surface area contributed by atoms with Crippen molar-refractivity contribution < 1.29 is 4.79 Å². The highest BCUT2D eigenvalue weighted by Crippen LogP contribution is 2.18. The number of nitrogens with zero attached hydrogens (tertiary/aromatic N) is 1. The molecule has 0 bridgehead atoms. The van der Waals surface area contributed by atoms with Crippen molar-refractivity contribution >= 4 is 5.91 Å². The summed E-state index contributed by atoms with van der Waals surface area (Å²) >= 11 is 0. The number of carbonyl (C=O) groups is 1. The third-order valence-electron chi connectivity index (χ3n) is 2.38. The smallest absolute Gasteiger partial charge is 0.223 e. The Labute approximate surface area is 77.3 Å². The molecule has 0 spiro atoms. The van der Waals surface area contributed by atoms with E-state index in [4.69, 9.17) is 11.0 Å². The molecule has 0 aliphatic carbocycles. The molecule has 0 aromatic carbocycles. The summed E-state index contributed by atoms with van der Waals surface area (Å²) in [7, 11) is 1.62. The minimum Gasteiger partial charge on any atom is -0.356 e. The van der Waals surface area contributed by atoms with Crippen molar-refractivity contribution in [1.82, 2.24) is 10.6 Å². The largest absolute Gasteiger partial charge is 0.356 e. The van der Waals surface area contributed by atoms with Gasteiger partial charge in [-0.3, -0.25) is 10.1 Å². The summed E-state index contributed by atoms with van der Waals surface area (Å²) in [6.07, 6.45) is 1.13. The molecule has 2 atom stereocenters. The number of rotatable bonds is 3. The third-order valence-corrected chi connectivity index (χ3v) is 2.38. The SMILES string of the molecule is CNC(N)(C#N)CC1CCNC1=O. The van der Waals surface area contributed by atoms with Gasteiger partial charge in [0.25, 0.3) is 0 Å². The average molecular weight is 182 g/mol. The quantitative estimate of drug-likeness (QED) is 0.484. The fourth-order valence-corrected chi connectivity index (χ4v) is 1.43. The molecule has 0 aromatic rings. The first-order valence-electron chi connectivity index (χ1n) is 4.28. The Morgan fingerprint density at radius 1 is 1.92 bits per heavy atom. The Kier molecular flexibility index (Phi) is 2.86. The maximum absolute atomic E-state index is 11.2. The van der Waals surface area contributed by atoms with E-state index in [9.17, 15) is 4.79 Å². The summed E-state index contributed by atoms with van der Waals surface area (Å²) < 4.78 is 0. The van der Waals surface area contributed by atoms with Crippen molar-refractivity contribution in [3.05, 3.63) is 0 Å². The van der Waals surface area contributed by atoms with Crippen LogP contribution in [0.15, 0.2) is 0 Å². The Bertz CT molecular complexity index is 247. The Morgan fingerprint density at radius 2 is 2.62 bits per heavy atom. The van der Waals surface area contributed by atoms with E-state index in [1.54, 1.807) is 7.05 Å². The van der Waals surface area contributed by atoms with Crippen LogP contribution >= 0.6 is 0 Å². The van der Waals surface area contributed by atoms with Gasteiger partial charge in [-0.2, -0.15) is 5.26 Å². The van der Waals surface area contributed by atoms with Crippen LogP contribution in [0.5, 0.6) is 0 Å². The molecule has 1 aliphatic heterocycles. The predicted octanol–water partition coefficient (Wildman–Crippen LogP) is -1.09. The van der Waals surface area contributed by atoms with Crippen molar-refractivity contribution in [1.29, 1.82) is 5.26 Å². The molecule has 13 heavy (non-hydrogen) atoms.